The fraction of sp³-hybridized carbons (Fsp3) is 0.500. The second-order valence-corrected chi connectivity index (χ2v) is 11.1. The summed E-state index contributed by atoms with van der Waals surface area (Å²) in [6.07, 6.45) is -0.199. The van der Waals surface area contributed by atoms with Gasteiger partial charge in [-0.1, -0.05) is 58.0 Å². The van der Waals surface area contributed by atoms with Crippen molar-refractivity contribution >= 4 is 29.8 Å². The van der Waals surface area contributed by atoms with Crippen molar-refractivity contribution in [2.75, 3.05) is 20.5 Å². The quantitative estimate of drug-likeness (QED) is 0.208. The highest BCUT2D eigenvalue weighted by molar-refractivity contribution is 5.98. The molecule has 0 aliphatic carbocycles. The Morgan fingerprint density at radius 2 is 1.69 bits per heavy atom. The monoisotopic (exact) mass is 628 g/mol. The lowest BCUT2D eigenvalue weighted by Crippen LogP contribution is -2.47. The van der Waals surface area contributed by atoms with E-state index in [2.05, 4.69) is 10.3 Å². The topological polar surface area (TPSA) is 166 Å². The van der Waals surface area contributed by atoms with Gasteiger partial charge in [0.2, 0.25) is 6.79 Å². The van der Waals surface area contributed by atoms with Crippen LogP contribution >= 0.6 is 0 Å². The van der Waals surface area contributed by atoms with Gasteiger partial charge >= 0.3 is 23.9 Å². The number of benzene rings is 1. The highest BCUT2D eigenvalue weighted by atomic mass is 16.7. The van der Waals surface area contributed by atoms with E-state index in [-0.39, 0.29) is 23.6 Å². The minimum Gasteiger partial charge on any atom is -0.493 e. The molecule has 1 aliphatic rings. The van der Waals surface area contributed by atoms with Crippen LogP contribution in [0.15, 0.2) is 42.6 Å². The molecule has 1 aliphatic heterocycles. The number of methoxy groups -OCH3 is 1. The molecule has 13 heteroatoms. The summed E-state index contributed by atoms with van der Waals surface area (Å²) in [5, 5.41) is 2.47. The van der Waals surface area contributed by atoms with Gasteiger partial charge < -0.3 is 33.7 Å². The van der Waals surface area contributed by atoms with Crippen molar-refractivity contribution in [1.29, 1.82) is 0 Å². The fourth-order valence-corrected chi connectivity index (χ4v) is 4.36. The molecule has 244 valence electrons. The molecule has 0 bridgehead atoms. The Balaban J connectivity index is 1.83. The van der Waals surface area contributed by atoms with Gasteiger partial charge in [-0.15, -0.1) is 0 Å². The minimum atomic E-state index is -1.45. The lowest BCUT2D eigenvalue weighted by molar-refractivity contribution is -0.176. The van der Waals surface area contributed by atoms with Crippen molar-refractivity contribution in [2.24, 2.45) is 17.8 Å². The molecule has 1 aromatic carbocycles. The number of hydrogen-bond donors (Lipinski definition) is 1. The van der Waals surface area contributed by atoms with Crippen molar-refractivity contribution < 1.29 is 52.4 Å². The van der Waals surface area contributed by atoms with Crippen LogP contribution in [-0.2, 0) is 44.5 Å². The number of pyridine rings is 1. The number of amides is 1. The van der Waals surface area contributed by atoms with Crippen molar-refractivity contribution in [3.05, 3.63) is 53.9 Å². The molecule has 2 aromatic rings. The molecule has 0 saturated carbocycles. The van der Waals surface area contributed by atoms with Gasteiger partial charge in [0.15, 0.2) is 29.3 Å². The standard InChI is InChI=1S/C32H40N2O11/c1-18(2)29(36)43-17-42-27-24(40-6)14-15-33-25(27)28(35)34-23-16-41-31(38)22(13-12-21-10-8-7-9-11-21)26(20(5)44-32(23)39)45-30(37)19(3)4/h7-11,14-15,18-20,22-23,26H,12-13,16-17H2,1-6H3,(H,34,35)/t20-,22+,23-,26-/m0/s1. The normalized spacial score (nSPS) is 20.2. The van der Waals surface area contributed by atoms with Crippen LogP contribution in [0.3, 0.4) is 0 Å². The molecule has 1 saturated heterocycles. The molecule has 1 aromatic heterocycles. The Kier molecular flexibility index (Phi) is 12.7. The zero-order valence-electron chi connectivity index (χ0n) is 26.3. The number of nitrogens with zero attached hydrogens (tertiary/aromatic N) is 1. The molecule has 1 N–H and O–H groups in total. The van der Waals surface area contributed by atoms with E-state index in [1.54, 1.807) is 27.7 Å². The van der Waals surface area contributed by atoms with Crippen molar-refractivity contribution in [2.45, 2.75) is 65.7 Å². The number of ether oxygens (including phenoxy) is 6. The summed E-state index contributed by atoms with van der Waals surface area (Å²) in [5.41, 5.74) is 0.670. The van der Waals surface area contributed by atoms with Crippen LogP contribution in [0.1, 0.15) is 57.1 Å². The SMILES string of the molecule is COc1ccnc(C(=O)N[C@H]2COC(=O)[C@H](CCc3ccccc3)[C@@H](OC(=O)C(C)C)[C@H](C)OC2=O)c1OCOC(=O)C(C)C. The number of cyclic esters (lactones) is 2. The third-order valence-corrected chi connectivity index (χ3v) is 6.94. The van der Waals surface area contributed by atoms with E-state index in [1.165, 1.54) is 26.3 Å². The van der Waals surface area contributed by atoms with E-state index in [1.807, 2.05) is 30.3 Å². The summed E-state index contributed by atoms with van der Waals surface area (Å²) in [7, 11) is 1.34. The van der Waals surface area contributed by atoms with Gasteiger partial charge in [0, 0.05) is 12.3 Å². The smallest absolute Gasteiger partial charge is 0.332 e. The van der Waals surface area contributed by atoms with Crippen LogP contribution in [0.2, 0.25) is 0 Å². The van der Waals surface area contributed by atoms with Crippen molar-refractivity contribution in [1.82, 2.24) is 10.3 Å². The van der Waals surface area contributed by atoms with E-state index in [0.717, 1.165) is 5.56 Å². The van der Waals surface area contributed by atoms with E-state index >= 15 is 0 Å². The third kappa shape index (κ3) is 9.65. The van der Waals surface area contributed by atoms with Crippen LogP contribution in [0.25, 0.3) is 0 Å². The van der Waals surface area contributed by atoms with Gasteiger partial charge in [-0.2, -0.15) is 0 Å². The minimum absolute atomic E-state index is 0.115. The van der Waals surface area contributed by atoms with Crippen LogP contribution in [-0.4, -0.2) is 73.5 Å². The molecule has 13 nitrogen and oxygen atoms in total. The van der Waals surface area contributed by atoms with Gasteiger partial charge in [0.1, 0.15) is 12.7 Å². The second kappa shape index (κ2) is 16.4. The van der Waals surface area contributed by atoms with Crippen molar-refractivity contribution in [3.63, 3.8) is 0 Å². The zero-order chi connectivity index (χ0) is 33.1. The first kappa shape index (κ1) is 34.8. The first-order chi connectivity index (χ1) is 21.4. The van der Waals surface area contributed by atoms with E-state index < -0.39 is 79.2 Å². The maximum absolute atomic E-state index is 13.4. The highest BCUT2D eigenvalue weighted by Crippen LogP contribution is 2.30. The average molecular weight is 629 g/mol. The molecule has 2 heterocycles. The summed E-state index contributed by atoms with van der Waals surface area (Å²) in [6, 6.07) is 9.42. The second-order valence-electron chi connectivity index (χ2n) is 11.1. The summed E-state index contributed by atoms with van der Waals surface area (Å²) in [5.74, 6) is -5.50. The number of aryl methyl sites for hydroxylation is 1. The first-order valence-electron chi connectivity index (χ1n) is 14.7. The summed E-state index contributed by atoms with van der Waals surface area (Å²) >= 11 is 0. The molecule has 0 unspecified atom stereocenters. The van der Waals surface area contributed by atoms with Gasteiger partial charge in [-0.25, -0.2) is 9.78 Å². The van der Waals surface area contributed by atoms with Crippen LogP contribution in [0, 0.1) is 17.8 Å². The molecule has 3 rings (SSSR count). The predicted octanol–water partition coefficient (Wildman–Crippen LogP) is 3.03. The zero-order valence-corrected chi connectivity index (χ0v) is 26.3. The van der Waals surface area contributed by atoms with Gasteiger partial charge in [-0.05, 0) is 25.3 Å². The molecular weight excluding hydrogens is 588 g/mol. The van der Waals surface area contributed by atoms with Crippen molar-refractivity contribution in [3.8, 4) is 11.5 Å². The summed E-state index contributed by atoms with van der Waals surface area (Å²) in [4.78, 5) is 68.6. The average Bonchev–Trinajstić information content (AvgIpc) is 3.05. The Hall–Kier alpha value is -4.68. The molecule has 0 radical (unpaired) electrons. The maximum atomic E-state index is 13.4. The van der Waals surface area contributed by atoms with E-state index in [4.69, 9.17) is 28.4 Å². The number of aromatic nitrogens is 1. The Bertz CT molecular complexity index is 1350. The number of rotatable bonds is 12. The molecular formula is C32H40N2O11. The molecule has 1 amide bonds. The number of nitrogens with one attached hydrogen (secondary N) is 1. The number of hydrogen-bond acceptors (Lipinski definition) is 12. The fourth-order valence-electron chi connectivity index (χ4n) is 4.36. The van der Waals surface area contributed by atoms with E-state index in [0.29, 0.717) is 6.42 Å². The molecule has 4 atom stereocenters. The molecule has 45 heavy (non-hydrogen) atoms. The van der Waals surface area contributed by atoms with Crippen LogP contribution in [0.4, 0.5) is 0 Å². The van der Waals surface area contributed by atoms with Gasteiger partial charge in [-0.3, -0.25) is 19.2 Å². The number of esters is 4. The highest BCUT2D eigenvalue weighted by Gasteiger charge is 2.42. The maximum Gasteiger partial charge on any atom is 0.332 e. The number of carbonyl (C=O) groups is 5. The third-order valence-electron chi connectivity index (χ3n) is 6.94. The summed E-state index contributed by atoms with van der Waals surface area (Å²) in [6.45, 7) is 7.02. The lowest BCUT2D eigenvalue weighted by atomic mass is 9.91. The van der Waals surface area contributed by atoms with Crippen LogP contribution < -0.4 is 14.8 Å². The molecule has 1 fully saturated rings. The molecule has 0 spiro atoms. The van der Waals surface area contributed by atoms with E-state index in [9.17, 15) is 24.0 Å². The number of carbonyl (C=O) groups excluding carboxylic acids is 5. The predicted molar refractivity (Wildman–Crippen MR) is 158 cm³/mol. The van der Waals surface area contributed by atoms with Gasteiger partial charge in [0.05, 0.1) is 24.9 Å². The van der Waals surface area contributed by atoms with Gasteiger partial charge in [0.25, 0.3) is 5.91 Å². The lowest BCUT2D eigenvalue weighted by Gasteiger charge is -2.29. The Morgan fingerprint density at radius 3 is 2.33 bits per heavy atom. The van der Waals surface area contributed by atoms with Crippen LogP contribution in [0.5, 0.6) is 11.5 Å². The Labute approximate surface area is 261 Å². The largest absolute Gasteiger partial charge is 0.493 e. The Morgan fingerprint density at radius 1 is 1.00 bits per heavy atom. The first-order valence-corrected chi connectivity index (χ1v) is 14.7. The summed E-state index contributed by atoms with van der Waals surface area (Å²) < 4.78 is 32.7.